The van der Waals surface area contributed by atoms with Crippen LogP contribution in [0.25, 0.3) is 11.2 Å². The van der Waals surface area contributed by atoms with Gasteiger partial charge in [0.15, 0.2) is 11.5 Å². The lowest BCUT2D eigenvalue weighted by Crippen LogP contribution is -2.31. The van der Waals surface area contributed by atoms with Crippen molar-refractivity contribution < 1.29 is 4.74 Å². The van der Waals surface area contributed by atoms with Crippen LogP contribution in [0, 0.1) is 0 Å². The van der Waals surface area contributed by atoms with Crippen LogP contribution in [0.3, 0.4) is 0 Å². The Morgan fingerprint density at radius 2 is 2.00 bits per heavy atom. The maximum absolute atomic E-state index is 5.28. The summed E-state index contributed by atoms with van der Waals surface area (Å²) in [5.74, 6) is 2.35. The summed E-state index contributed by atoms with van der Waals surface area (Å²) in [5.41, 5.74) is 2.68. The predicted molar refractivity (Wildman–Crippen MR) is 132 cm³/mol. The molecule has 5 rings (SSSR count). The Balaban J connectivity index is 1.49. The van der Waals surface area contributed by atoms with Crippen LogP contribution in [0.1, 0.15) is 17.3 Å². The van der Waals surface area contributed by atoms with Gasteiger partial charge in [0.1, 0.15) is 11.3 Å². The molecule has 0 bridgehead atoms. The number of nitrogens with one attached hydrogen (secondary N) is 1. The minimum atomic E-state index is 0.0358. The zero-order chi connectivity index (χ0) is 24.2. The lowest BCUT2D eigenvalue weighted by atomic mass is 10.1. The topological polar surface area (TPSA) is 117 Å². The maximum Gasteiger partial charge on any atom is 0.225 e. The van der Waals surface area contributed by atoms with Gasteiger partial charge in [-0.05, 0) is 6.07 Å². The highest BCUT2D eigenvalue weighted by Gasteiger charge is 2.29. The van der Waals surface area contributed by atoms with Gasteiger partial charge in [-0.2, -0.15) is 5.10 Å². The number of aryl methyl sites for hydroxylation is 1. The third-order valence-electron chi connectivity index (χ3n) is 6.25. The second-order valence-electron chi connectivity index (χ2n) is 8.87. The number of aromatic nitrogens is 8. The largest absolute Gasteiger partial charge is 0.383 e. The van der Waals surface area contributed by atoms with Crippen molar-refractivity contribution in [2.45, 2.75) is 12.5 Å². The molecule has 4 aromatic heterocycles. The summed E-state index contributed by atoms with van der Waals surface area (Å²) >= 11 is 0. The molecule has 35 heavy (non-hydrogen) atoms. The Kier molecular flexibility index (Phi) is 6.82. The van der Waals surface area contributed by atoms with E-state index in [4.69, 9.17) is 14.7 Å². The van der Waals surface area contributed by atoms with Crippen LogP contribution in [0.5, 0.6) is 0 Å². The van der Waals surface area contributed by atoms with Crippen molar-refractivity contribution >= 4 is 22.9 Å². The summed E-state index contributed by atoms with van der Waals surface area (Å²) in [6, 6.07) is 1.84. The maximum atomic E-state index is 5.28. The van der Waals surface area contributed by atoms with E-state index in [-0.39, 0.29) is 5.92 Å². The summed E-state index contributed by atoms with van der Waals surface area (Å²) in [4.78, 5) is 33.3. The van der Waals surface area contributed by atoms with Gasteiger partial charge in [-0.25, -0.2) is 24.9 Å². The van der Waals surface area contributed by atoms with Gasteiger partial charge >= 0.3 is 0 Å². The normalized spacial score (nSPS) is 17.1. The van der Waals surface area contributed by atoms with E-state index in [2.05, 4.69) is 45.9 Å². The van der Waals surface area contributed by atoms with Crippen molar-refractivity contribution in [3.63, 3.8) is 0 Å². The lowest BCUT2D eigenvalue weighted by Gasteiger charge is -2.25. The highest BCUT2D eigenvalue weighted by atomic mass is 16.5. The molecule has 0 aromatic carbocycles. The molecule has 4 aromatic rings. The fourth-order valence-corrected chi connectivity index (χ4v) is 4.46. The van der Waals surface area contributed by atoms with Crippen molar-refractivity contribution in [1.29, 1.82) is 0 Å². The number of anilines is 2. The average molecular weight is 478 g/mol. The number of hydrogen-bond donors (Lipinski definition) is 1. The average Bonchev–Trinajstić information content (AvgIpc) is 3.46. The Labute approximate surface area is 204 Å². The minimum Gasteiger partial charge on any atom is -0.383 e. The quantitative estimate of drug-likeness (QED) is 0.395. The predicted octanol–water partition coefficient (Wildman–Crippen LogP) is 1.07. The van der Waals surface area contributed by atoms with E-state index in [0.29, 0.717) is 25.3 Å². The number of methoxy groups -OCH3 is 1. The molecule has 12 heteroatoms. The molecule has 1 aliphatic heterocycles. The van der Waals surface area contributed by atoms with Gasteiger partial charge in [0.05, 0.1) is 19.1 Å². The van der Waals surface area contributed by atoms with Gasteiger partial charge in [-0.3, -0.25) is 9.58 Å². The molecule has 1 unspecified atom stereocenters. The first kappa shape index (κ1) is 23.1. The number of fused-ring (bicyclic) bond motifs is 1. The van der Waals surface area contributed by atoms with Gasteiger partial charge in [0.2, 0.25) is 5.95 Å². The van der Waals surface area contributed by atoms with Crippen LogP contribution < -0.4 is 9.80 Å². The summed E-state index contributed by atoms with van der Waals surface area (Å²) in [5, 5.41) is 4.34. The SMILES string of the molecule is COCCN(C)c1nc(C2CN(Cc3cnn(C)c3)CCN(c3ncccn3)C2)nc2nc[nH]c12. The van der Waals surface area contributed by atoms with Gasteiger partial charge in [0, 0.05) is 90.5 Å². The Morgan fingerprint density at radius 1 is 1.14 bits per heavy atom. The van der Waals surface area contributed by atoms with Crippen LogP contribution >= 0.6 is 0 Å². The van der Waals surface area contributed by atoms with Crippen LogP contribution in [0.4, 0.5) is 11.8 Å². The van der Waals surface area contributed by atoms with Crippen LogP contribution in [0.15, 0.2) is 37.2 Å². The molecule has 1 saturated heterocycles. The molecule has 1 atom stereocenters. The number of likely N-dealkylation sites (N-methyl/N-ethyl adjacent to an activating group) is 1. The van der Waals surface area contributed by atoms with Gasteiger partial charge in [0.25, 0.3) is 0 Å². The summed E-state index contributed by atoms with van der Waals surface area (Å²) in [6.45, 7) is 5.32. The van der Waals surface area contributed by atoms with E-state index >= 15 is 0 Å². The Hall–Kier alpha value is -3.64. The molecule has 0 aliphatic carbocycles. The standard InChI is InChI=1S/C23H31N11O/c1-31(9-10-35-3)22-19-21(27-16-26-19)29-20(30-22)18-14-33(13-17-11-28-32(2)12-17)7-8-34(15-18)23-24-5-4-6-25-23/h4-6,11-12,16,18H,7-10,13-15H2,1-3H3,(H,26,27,29,30). The first-order valence-corrected chi connectivity index (χ1v) is 11.7. The summed E-state index contributed by atoms with van der Waals surface area (Å²) in [7, 11) is 5.66. The molecule has 0 radical (unpaired) electrons. The summed E-state index contributed by atoms with van der Waals surface area (Å²) < 4.78 is 7.12. The molecule has 184 valence electrons. The van der Waals surface area contributed by atoms with Crippen LogP contribution in [-0.4, -0.2) is 98.1 Å². The lowest BCUT2D eigenvalue weighted by molar-refractivity contribution is 0.206. The van der Waals surface area contributed by atoms with E-state index in [0.717, 1.165) is 49.3 Å². The Morgan fingerprint density at radius 3 is 2.77 bits per heavy atom. The van der Waals surface area contributed by atoms with Crippen molar-refractivity contribution in [1.82, 2.24) is 44.6 Å². The molecule has 5 heterocycles. The van der Waals surface area contributed by atoms with Gasteiger partial charge in [-0.1, -0.05) is 0 Å². The number of rotatable bonds is 8. The molecule has 1 fully saturated rings. The van der Waals surface area contributed by atoms with Crippen molar-refractivity contribution in [3.8, 4) is 0 Å². The van der Waals surface area contributed by atoms with E-state index in [1.54, 1.807) is 25.8 Å². The first-order valence-electron chi connectivity index (χ1n) is 11.7. The third-order valence-corrected chi connectivity index (χ3v) is 6.25. The molecule has 0 saturated carbocycles. The zero-order valence-corrected chi connectivity index (χ0v) is 20.4. The number of imidazole rings is 1. The fraction of sp³-hybridized carbons (Fsp3) is 0.478. The molecule has 1 N–H and O–H groups in total. The van der Waals surface area contributed by atoms with Gasteiger partial charge < -0.3 is 19.5 Å². The van der Waals surface area contributed by atoms with Crippen LogP contribution in [0.2, 0.25) is 0 Å². The number of hydrogen-bond acceptors (Lipinski definition) is 10. The first-order chi connectivity index (χ1) is 17.1. The number of ether oxygens (including phenoxy) is 1. The van der Waals surface area contributed by atoms with E-state index in [1.165, 1.54) is 5.56 Å². The molecule has 0 spiro atoms. The molecular formula is C23H31N11O. The highest BCUT2D eigenvalue weighted by molar-refractivity contribution is 5.83. The Bertz CT molecular complexity index is 1240. The smallest absolute Gasteiger partial charge is 0.225 e. The van der Waals surface area contributed by atoms with Crippen molar-refractivity contribution in [3.05, 3.63) is 48.6 Å². The number of nitrogens with zero attached hydrogens (tertiary/aromatic N) is 10. The van der Waals surface area contributed by atoms with E-state index in [1.807, 2.05) is 31.0 Å². The number of aromatic amines is 1. The van der Waals surface area contributed by atoms with Crippen molar-refractivity contribution in [2.75, 3.05) is 63.3 Å². The van der Waals surface area contributed by atoms with E-state index < -0.39 is 0 Å². The molecule has 1 aliphatic rings. The third kappa shape index (κ3) is 5.23. The fourth-order valence-electron chi connectivity index (χ4n) is 4.46. The second kappa shape index (κ2) is 10.3. The summed E-state index contributed by atoms with van der Waals surface area (Å²) in [6.07, 6.45) is 9.22. The highest BCUT2D eigenvalue weighted by Crippen LogP contribution is 2.27. The van der Waals surface area contributed by atoms with E-state index in [9.17, 15) is 0 Å². The minimum absolute atomic E-state index is 0.0358. The van der Waals surface area contributed by atoms with Crippen molar-refractivity contribution in [2.24, 2.45) is 7.05 Å². The monoisotopic (exact) mass is 477 g/mol. The van der Waals surface area contributed by atoms with Gasteiger partial charge in [-0.15, -0.1) is 0 Å². The van der Waals surface area contributed by atoms with Crippen LogP contribution in [-0.2, 0) is 18.3 Å². The molecular weight excluding hydrogens is 446 g/mol. The molecule has 12 nitrogen and oxygen atoms in total. The second-order valence-corrected chi connectivity index (χ2v) is 8.87. The zero-order valence-electron chi connectivity index (χ0n) is 20.4. The number of H-pyrrole nitrogens is 1. The molecule has 0 amide bonds.